The number of esters is 1. The van der Waals surface area contributed by atoms with Gasteiger partial charge in [-0.3, -0.25) is 0 Å². The first-order chi connectivity index (χ1) is 16.1. The van der Waals surface area contributed by atoms with Gasteiger partial charge < -0.3 is 20.1 Å². The number of benzene rings is 3. The summed E-state index contributed by atoms with van der Waals surface area (Å²) in [5.41, 5.74) is 2.54. The molecule has 33 heavy (non-hydrogen) atoms. The fraction of sp³-hybridized carbons (Fsp3) is 0.154. The van der Waals surface area contributed by atoms with Crippen LogP contribution >= 0.6 is 0 Å². The number of nitrogens with one attached hydrogen (secondary N) is 2. The van der Waals surface area contributed by atoms with Crippen molar-refractivity contribution in [2.75, 3.05) is 6.61 Å². The van der Waals surface area contributed by atoms with Crippen LogP contribution in [0.4, 0.5) is 9.18 Å². The Labute approximate surface area is 191 Å². The summed E-state index contributed by atoms with van der Waals surface area (Å²) in [5, 5.41) is 5.55. The molecular weight excluding hydrogens is 423 g/mol. The second kappa shape index (κ2) is 9.99. The maximum atomic E-state index is 13.8. The molecule has 0 saturated carbocycles. The molecule has 3 aromatic carbocycles. The number of ether oxygens (including phenoxy) is 2. The summed E-state index contributed by atoms with van der Waals surface area (Å²) in [5.74, 6) is -0.315. The molecule has 6 nitrogen and oxygen atoms in total. The van der Waals surface area contributed by atoms with E-state index in [0.717, 1.165) is 0 Å². The van der Waals surface area contributed by atoms with Crippen LogP contribution in [0.5, 0.6) is 5.75 Å². The van der Waals surface area contributed by atoms with Gasteiger partial charge in [0.25, 0.3) is 0 Å². The predicted molar refractivity (Wildman–Crippen MR) is 122 cm³/mol. The summed E-state index contributed by atoms with van der Waals surface area (Å²) in [6.45, 7) is 2.02. The predicted octanol–water partition coefficient (Wildman–Crippen LogP) is 4.73. The maximum absolute atomic E-state index is 13.8. The van der Waals surface area contributed by atoms with Crippen LogP contribution < -0.4 is 15.4 Å². The van der Waals surface area contributed by atoms with Crippen LogP contribution in [0.3, 0.4) is 0 Å². The second-order valence-electron chi connectivity index (χ2n) is 7.36. The van der Waals surface area contributed by atoms with Crippen molar-refractivity contribution in [1.82, 2.24) is 10.6 Å². The van der Waals surface area contributed by atoms with Crippen molar-refractivity contribution < 1.29 is 23.5 Å². The number of hydrogen-bond acceptors (Lipinski definition) is 4. The monoisotopic (exact) mass is 446 g/mol. The number of rotatable bonds is 7. The molecule has 4 rings (SSSR count). The van der Waals surface area contributed by atoms with Gasteiger partial charge in [0.15, 0.2) is 0 Å². The summed E-state index contributed by atoms with van der Waals surface area (Å²) in [4.78, 5) is 25.3. The summed E-state index contributed by atoms with van der Waals surface area (Å²) < 4.78 is 24.8. The van der Waals surface area contributed by atoms with Crippen LogP contribution in [0, 0.1) is 5.82 Å². The van der Waals surface area contributed by atoms with Crippen LogP contribution in [0.25, 0.3) is 5.70 Å². The van der Waals surface area contributed by atoms with Gasteiger partial charge in [-0.05, 0) is 36.2 Å². The highest BCUT2D eigenvalue weighted by Crippen LogP contribution is 2.32. The third-order valence-corrected chi connectivity index (χ3v) is 5.20. The van der Waals surface area contributed by atoms with Crippen molar-refractivity contribution in [2.45, 2.75) is 19.6 Å². The van der Waals surface area contributed by atoms with E-state index in [1.54, 1.807) is 49.4 Å². The molecule has 1 atom stereocenters. The van der Waals surface area contributed by atoms with Gasteiger partial charge in [-0.25, -0.2) is 14.0 Å². The first kappa shape index (κ1) is 22.1. The average molecular weight is 446 g/mol. The van der Waals surface area contributed by atoms with Crippen LogP contribution in [0.1, 0.15) is 29.7 Å². The van der Waals surface area contributed by atoms with E-state index < -0.39 is 18.0 Å². The molecule has 0 fully saturated rings. The molecule has 1 aliphatic rings. The molecular formula is C26H23FN2O4. The minimum atomic E-state index is -0.714. The zero-order chi connectivity index (χ0) is 23.2. The molecule has 0 saturated heterocycles. The number of hydrogen-bond donors (Lipinski definition) is 2. The van der Waals surface area contributed by atoms with Crippen LogP contribution in [0.2, 0.25) is 0 Å². The van der Waals surface area contributed by atoms with Crippen molar-refractivity contribution in [2.24, 2.45) is 0 Å². The van der Waals surface area contributed by atoms with Gasteiger partial charge in [-0.1, -0.05) is 60.7 Å². The highest BCUT2D eigenvalue weighted by Gasteiger charge is 2.34. The molecule has 0 radical (unpaired) electrons. The number of carbonyl (C=O) groups is 2. The van der Waals surface area contributed by atoms with Crippen LogP contribution in [-0.4, -0.2) is 18.6 Å². The molecule has 0 aromatic heterocycles. The van der Waals surface area contributed by atoms with Crippen LogP contribution in [-0.2, 0) is 16.1 Å². The standard InChI is InChI=1S/C26H23FN2O4/c1-2-32-25(30)22-23(17-8-4-3-5-9-17)28-26(31)29-24(22)18-12-14-20(15-13-18)33-16-19-10-6-7-11-21(19)27/h3-15,24H,2,16H2,1H3,(H2,28,29,31). The van der Waals surface area contributed by atoms with Gasteiger partial charge in [0.05, 0.1) is 23.9 Å². The van der Waals surface area contributed by atoms with Gasteiger partial charge >= 0.3 is 12.0 Å². The topological polar surface area (TPSA) is 76.7 Å². The number of amides is 2. The van der Waals surface area contributed by atoms with Gasteiger partial charge in [0, 0.05) is 5.56 Å². The minimum absolute atomic E-state index is 0.0856. The van der Waals surface area contributed by atoms with E-state index in [0.29, 0.717) is 33.7 Å². The van der Waals surface area contributed by atoms with E-state index >= 15 is 0 Å². The van der Waals surface area contributed by atoms with Gasteiger partial charge in [-0.15, -0.1) is 0 Å². The lowest BCUT2D eigenvalue weighted by Gasteiger charge is -2.29. The zero-order valence-electron chi connectivity index (χ0n) is 18.0. The minimum Gasteiger partial charge on any atom is -0.489 e. The number of urea groups is 1. The molecule has 0 aliphatic carbocycles. The molecule has 168 valence electrons. The number of halogens is 1. The summed E-state index contributed by atoms with van der Waals surface area (Å²) in [6, 6.07) is 21.4. The van der Waals surface area contributed by atoms with E-state index in [1.165, 1.54) is 6.07 Å². The Morgan fingerprint density at radius 1 is 0.970 bits per heavy atom. The van der Waals surface area contributed by atoms with Crippen molar-refractivity contribution in [3.63, 3.8) is 0 Å². The Morgan fingerprint density at radius 2 is 1.67 bits per heavy atom. The summed E-state index contributed by atoms with van der Waals surface area (Å²) >= 11 is 0. The highest BCUT2D eigenvalue weighted by molar-refractivity contribution is 6.04. The smallest absolute Gasteiger partial charge is 0.338 e. The lowest BCUT2D eigenvalue weighted by atomic mass is 9.92. The molecule has 7 heteroatoms. The van der Waals surface area contributed by atoms with Crippen LogP contribution in [0.15, 0.2) is 84.4 Å². The third-order valence-electron chi connectivity index (χ3n) is 5.20. The molecule has 1 unspecified atom stereocenters. The Morgan fingerprint density at radius 3 is 2.36 bits per heavy atom. The number of carbonyl (C=O) groups excluding carboxylic acids is 2. The van der Waals surface area contributed by atoms with E-state index in [2.05, 4.69) is 10.6 Å². The first-order valence-corrected chi connectivity index (χ1v) is 10.6. The molecule has 2 amide bonds. The molecule has 0 spiro atoms. The Hall–Kier alpha value is -4.13. The van der Waals surface area contributed by atoms with E-state index in [9.17, 15) is 14.0 Å². The van der Waals surface area contributed by atoms with Gasteiger partial charge in [-0.2, -0.15) is 0 Å². The fourth-order valence-corrected chi connectivity index (χ4v) is 3.61. The lowest BCUT2D eigenvalue weighted by molar-refractivity contribution is -0.138. The quantitative estimate of drug-likeness (QED) is 0.515. The molecule has 3 aromatic rings. The second-order valence-corrected chi connectivity index (χ2v) is 7.36. The molecule has 1 aliphatic heterocycles. The summed E-state index contributed by atoms with van der Waals surface area (Å²) in [6.07, 6.45) is 0. The first-order valence-electron chi connectivity index (χ1n) is 10.6. The Kier molecular flexibility index (Phi) is 6.69. The molecule has 2 N–H and O–H groups in total. The summed E-state index contributed by atoms with van der Waals surface area (Å²) in [7, 11) is 0. The lowest BCUT2D eigenvalue weighted by Crippen LogP contribution is -2.45. The van der Waals surface area contributed by atoms with E-state index in [1.807, 2.05) is 30.3 Å². The SMILES string of the molecule is CCOC(=O)C1=C(c2ccccc2)NC(=O)NC1c1ccc(OCc2ccccc2F)cc1. The largest absolute Gasteiger partial charge is 0.489 e. The van der Waals surface area contributed by atoms with Crippen molar-refractivity contribution in [3.8, 4) is 5.75 Å². The highest BCUT2D eigenvalue weighted by atomic mass is 19.1. The third kappa shape index (κ3) is 5.03. The fourth-order valence-electron chi connectivity index (χ4n) is 3.61. The zero-order valence-corrected chi connectivity index (χ0v) is 18.0. The molecule has 0 bridgehead atoms. The van der Waals surface area contributed by atoms with Crippen molar-refractivity contribution in [1.29, 1.82) is 0 Å². The maximum Gasteiger partial charge on any atom is 0.338 e. The van der Waals surface area contributed by atoms with Gasteiger partial charge in [0.1, 0.15) is 18.2 Å². The normalized spacial score (nSPS) is 15.5. The van der Waals surface area contributed by atoms with Crippen molar-refractivity contribution in [3.05, 3.63) is 107 Å². The average Bonchev–Trinajstić information content (AvgIpc) is 2.84. The Balaban J connectivity index is 1.63. The molecule has 1 heterocycles. The van der Waals surface area contributed by atoms with E-state index in [-0.39, 0.29) is 19.0 Å². The van der Waals surface area contributed by atoms with Crippen molar-refractivity contribution >= 4 is 17.7 Å². The Bertz CT molecular complexity index is 1180. The van der Waals surface area contributed by atoms with E-state index in [4.69, 9.17) is 9.47 Å². The van der Waals surface area contributed by atoms with Gasteiger partial charge in [0.2, 0.25) is 0 Å².